The van der Waals surface area contributed by atoms with Crippen molar-refractivity contribution in [3.05, 3.63) is 35.9 Å². The third-order valence-corrected chi connectivity index (χ3v) is 5.32. The number of hydrogen-bond donors (Lipinski definition) is 1. The third-order valence-electron chi connectivity index (χ3n) is 5.32. The number of aliphatic hydroxyl groups excluding tert-OH is 1. The van der Waals surface area contributed by atoms with Gasteiger partial charge in [0.1, 0.15) is 0 Å². The molecule has 5 heteroatoms. The van der Waals surface area contributed by atoms with E-state index in [-0.39, 0.29) is 12.0 Å². The van der Waals surface area contributed by atoms with E-state index in [2.05, 4.69) is 34.1 Å². The Morgan fingerprint density at radius 1 is 1.12 bits per heavy atom. The first-order valence-electron chi connectivity index (χ1n) is 9.06. The molecule has 3 rings (SSSR count). The fourth-order valence-corrected chi connectivity index (χ4v) is 3.69. The maximum atomic E-state index is 12.5. The number of likely N-dealkylation sites (tertiary alicyclic amines) is 1. The van der Waals surface area contributed by atoms with Crippen molar-refractivity contribution in [1.82, 2.24) is 14.7 Å². The molecular formula is C19H29N3O2. The smallest absolute Gasteiger partial charge is 0.236 e. The minimum atomic E-state index is -0.272. The highest BCUT2D eigenvalue weighted by Crippen LogP contribution is 2.19. The van der Waals surface area contributed by atoms with Crippen LogP contribution in [0.3, 0.4) is 0 Å². The molecular weight excluding hydrogens is 302 g/mol. The molecule has 1 aromatic rings. The van der Waals surface area contributed by atoms with E-state index in [9.17, 15) is 9.90 Å². The zero-order valence-corrected chi connectivity index (χ0v) is 14.6. The number of hydrogen-bond acceptors (Lipinski definition) is 4. The molecule has 5 nitrogen and oxygen atoms in total. The van der Waals surface area contributed by atoms with Crippen LogP contribution in [0.4, 0.5) is 0 Å². The van der Waals surface area contributed by atoms with Gasteiger partial charge in [0.2, 0.25) is 5.91 Å². The van der Waals surface area contributed by atoms with Crippen molar-refractivity contribution in [2.45, 2.75) is 26.0 Å². The van der Waals surface area contributed by atoms with Crippen LogP contribution in [-0.4, -0.2) is 77.6 Å². The van der Waals surface area contributed by atoms with Gasteiger partial charge in [0.05, 0.1) is 12.6 Å². The fourth-order valence-electron chi connectivity index (χ4n) is 3.69. The Labute approximate surface area is 144 Å². The predicted octanol–water partition coefficient (Wildman–Crippen LogP) is 1.03. The van der Waals surface area contributed by atoms with Crippen LogP contribution in [-0.2, 0) is 11.3 Å². The number of carbonyl (C=O) groups excluding carboxylic acids is 1. The number of rotatable bonds is 5. The van der Waals surface area contributed by atoms with Crippen LogP contribution in [0, 0.1) is 5.92 Å². The molecule has 0 bridgehead atoms. The summed E-state index contributed by atoms with van der Waals surface area (Å²) in [4.78, 5) is 19.1. The molecule has 2 saturated heterocycles. The van der Waals surface area contributed by atoms with E-state index in [0.29, 0.717) is 12.5 Å². The molecule has 2 aliphatic rings. The van der Waals surface area contributed by atoms with Gasteiger partial charge in [-0.1, -0.05) is 30.3 Å². The lowest BCUT2D eigenvalue weighted by atomic mass is 10.0. The van der Waals surface area contributed by atoms with E-state index in [1.54, 1.807) is 0 Å². The van der Waals surface area contributed by atoms with Gasteiger partial charge in [-0.3, -0.25) is 14.6 Å². The molecule has 1 aromatic carbocycles. The lowest BCUT2D eigenvalue weighted by Crippen LogP contribution is -2.50. The standard InChI is InChI=1S/C19H29N3O2/c1-16(23)18-7-8-21(14-18)15-19(24)22-11-9-20(10-12-22)13-17-5-3-2-4-6-17/h2-6,16,18,23H,7-15H2,1H3. The molecule has 1 N–H and O–H groups in total. The number of aliphatic hydroxyl groups is 1. The van der Waals surface area contributed by atoms with Gasteiger partial charge in [-0.15, -0.1) is 0 Å². The molecule has 0 aliphatic carbocycles. The summed E-state index contributed by atoms with van der Waals surface area (Å²) < 4.78 is 0. The molecule has 0 radical (unpaired) electrons. The Morgan fingerprint density at radius 2 is 1.83 bits per heavy atom. The van der Waals surface area contributed by atoms with E-state index in [0.717, 1.165) is 52.2 Å². The van der Waals surface area contributed by atoms with Gasteiger partial charge in [0.15, 0.2) is 0 Å². The highest BCUT2D eigenvalue weighted by Gasteiger charge is 2.29. The molecule has 2 heterocycles. The summed E-state index contributed by atoms with van der Waals surface area (Å²) >= 11 is 0. The van der Waals surface area contributed by atoms with Crippen molar-refractivity contribution >= 4 is 5.91 Å². The molecule has 132 valence electrons. The van der Waals surface area contributed by atoms with Crippen LogP contribution in [0.1, 0.15) is 18.9 Å². The van der Waals surface area contributed by atoms with Crippen LogP contribution in [0.5, 0.6) is 0 Å². The summed E-state index contributed by atoms with van der Waals surface area (Å²) in [6, 6.07) is 10.5. The van der Waals surface area contributed by atoms with E-state index >= 15 is 0 Å². The van der Waals surface area contributed by atoms with Gasteiger partial charge in [0, 0.05) is 39.3 Å². The zero-order valence-electron chi connectivity index (χ0n) is 14.6. The average molecular weight is 331 g/mol. The minimum Gasteiger partial charge on any atom is -0.393 e. The van der Waals surface area contributed by atoms with Crippen LogP contribution in [0.2, 0.25) is 0 Å². The van der Waals surface area contributed by atoms with Gasteiger partial charge >= 0.3 is 0 Å². The summed E-state index contributed by atoms with van der Waals surface area (Å²) in [6.45, 7) is 8.61. The summed E-state index contributed by atoms with van der Waals surface area (Å²) in [5, 5.41) is 9.68. The van der Waals surface area contributed by atoms with Crippen LogP contribution in [0.25, 0.3) is 0 Å². The van der Waals surface area contributed by atoms with Gasteiger partial charge in [-0.05, 0) is 31.4 Å². The van der Waals surface area contributed by atoms with Crippen molar-refractivity contribution in [1.29, 1.82) is 0 Å². The Kier molecular flexibility index (Phi) is 5.87. The highest BCUT2D eigenvalue weighted by atomic mass is 16.3. The van der Waals surface area contributed by atoms with Crippen molar-refractivity contribution in [3.63, 3.8) is 0 Å². The molecule has 1 amide bonds. The second-order valence-corrected chi connectivity index (χ2v) is 7.17. The molecule has 2 unspecified atom stereocenters. The minimum absolute atomic E-state index is 0.237. The Bertz CT molecular complexity index is 527. The topological polar surface area (TPSA) is 47.0 Å². The monoisotopic (exact) mass is 331 g/mol. The first-order valence-corrected chi connectivity index (χ1v) is 9.06. The number of benzene rings is 1. The van der Waals surface area contributed by atoms with Gasteiger partial charge in [0.25, 0.3) is 0 Å². The summed E-state index contributed by atoms with van der Waals surface area (Å²) in [7, 11) is 0. The Morgan fingerprint density at radius 3 is 2.46 bits per heavy atom. The predicted molar refractivity (Wildman–Crippen MR) is 94.5 cm³/mol. The van der Waals surface area contributed by atoms with Crippen molar-refractivity contribution in [3.8, 4) is 0 Å². The number of carbonyl (C=O) groups is 1. The van der Waals surface area contributed by atoms with Crippen molar-refractivity contribution < 1.29 is 9.90 Å². The van der Waals surface area contributed by atoms with Crippen molar-refractivity contribution in [2.75, 3.05) is 45.8 Å². The van der Waals surface area contributed by atoms with Crippen molar-refractivity contribution in [2.24, 2.45) is 5.92 Å². The first-order chi connectivity index (χ1) is 11.6. The molecule has 0 saturated carbocycles. The molecule has 24 heavy (non-hydrogen) atoms. The maximum absolute atomic E-state index is 12.5. The second-order valence-electron chi connectivity index (χ2n) is 7.17. The maximum Gasteiger partial charge on any atom is 0.236 e. The van der Waals surface area contributed by atoms with Crippen LogP contribution >= 0.6 is 0 Å². The molecule has 2 fully saturated rings. The van der Waals surface area contributed by atoms with Crippen LogP contribution in [0.15, 0.2) is 30.3 Å². The van der Waals surface area contributed by atoms with Gasteiger partial charge in [-0.25, -0.2) is 0 Å². The molecule has 0 aromatic heterocycles. The Hall–Kier alpha value is -1.43. The van der Waals surface area contributed by atoms with E-state index in [1.165, 1.54) is 5.56 Å². The largest absolute Gasteiger partial charge is 0.393 e. The van der Waals surface area contributed by atoms with E-state index in [1.807, 2.05) is 17.9 Å². The van der Waals surface area contributed by atoms with E-state index in [4.69, 9.17) is 0 Å². The summed E-state index contributed by atoms with van der Waals surface area (Å²) in [6.07, 6.45) is 0.724. The normalized spacial score (nSPS) is 24.2. The van der Waals surface area contributed by atoms with Gasteiger partial charge < -0.3 is 10.0 Å². The molecule has 0 spiro atoms. The lowest BCUT2D eigenvalue weighted by Gasteiger charge is -2.35. The first kappa shape index (κ1) is 17.4. The highest BCUT2D eigenvalue weighted by molar-refractivity contribution is 5.78. The SMILES string of the molecule is CC(O)C1CCN(CC(=O)N2CCN(Cc3ccccc3)CC2)C1. The molecule has 2 atom stereocenters. The summed E-state index contributed by atoms with van der Waals surface area (Å²) in [5.41, 5.74) is 1.33. The lowest BCUT2D eigenvalue weighted by molar-refractivity contribution is -0.134. The Balaban J connectivity index is 1.41. The van der Waals surface area contributed by atoms with Crippen LogP contribution < -0.4 is 0 Å². The fraction of sp³-hybridized carbons (Fsp3) is 0.632. The number of nitrogens with zero attached hydrogens (tertiary/aromatic N) is 3. The second kappa shape index (κ2) is 8.10. The number of amides is 1. The average Bonchev–Trinajstić information content (AvgIpc) is 3.05. The molecule has 2 aliphatic heterocycles. The summed E-state index contributed by atoms with van der Waals surface area (Å²) in [5.74, 6) is 0.557. The number of piperazine rings is 1. The quantitative estimate of drug-likeness (QED) is 0.876. The van der Waals surface area contributed by atoms with E-state index < -0.39 is 0 Å². The van der Waals surface area contributed by atoms with Gasteiger partial charge in [-0.2, -0.15) is 0 Å². The zero-order chi connectivity index (χ0) is 16.9. The third kappa shape index (κ3) is 4.56.